The van der Waals surface area contributed by atoms with E-state index < -0.39 is 15.8 Å². The molecule has 56 heavy (non-hydrogen) atoms. The van der Waals surface area contributed by atoms with Crippen LogP contribution in [-0.2, 0) is 37.0 Å². The summed E-state index contributed by atoms with van der Waals surface area (Å²) in [6.07, 6.45) is 11.3. The van der Waals surface area contributed by atoms with Crippen molar-refractivity contribution in [2.75, 3.05) is 6.61 Å². The molecule has 0 saturated heterocycles. The molecule has 5 aromatic carbocycles. The third-order valence-electron chi connectivity index (χ3n) is 10.3. The normalized spacial score (nSPS) is 18.0. The number of benzene rings is 5. The van der Waals surface area contributed by atoms with Gasteiger partial charge in [-0.15, -0.1) is 0 Å². The number of hydrogen-bond donors (Lipinski definition) is 0. The zero-order chi connectivity index (χ0) is 37.1. The molecule has 8 rings (SSSR count). The Bertz CT molecular complexity index is 1600. The quantitative estimate of drug-likeness (QED) is 0.0863. The molecule has 1 heterocycles. The Kier molecular flexibility index (Phi) is 25.6. The van der Waals surface area contributed by atoms with Crippen LogP contribution in [0.2, 0.25) is 0 Å². The van der Waals surface area contributed by atoms with Crippen LogP contribution in [-0.4, -0.2) is 24.2 Å². The van der Waals surface area contributed by atoms with Crippen molar-refractivity contribution in [3.63, 3.8) is 0 Å². The van der Waals surface area contributed by atoms with Crippen LogP contribution >= 0.6 is 35.2 Å². The SMILES string of the molecule is C1CCCC1.CC(C)[C@@H]1COC(C2CCCC2[PH+](c2ccccc2)c2ccccc2)=N1.[CH3-].[CH3-].[Cl][Ru][Cl].[Fe+2].c1ccc([PH+](c2ccccc2)c2ccccc2)cc1. The van der Waals surface area contributed by atoms with E-state index in [1.165, 1.54) is 77.9 Å². The van der Waals surface area contributed by atoms with E-state index in [4.69, 9.17) is 29.1 Å². The summed E-state index contributed by atoms with van der Waals surface area (Å²) in [6, 6.07) is 55.1. The van der Waals surface area contributed by atoms with E-state index in [2.05, 4.69) is 166 Å². The summed E-state index contributed by atoms with van der Waals surface area (Å²) in [5.41, 5.74) is 0.662. The summed E-state index contributed by atoms with van der Waals surface area (Å²) in [5.74, 6) is 2.11. The fourth-order valence-corrected chi connectivity index (χ4v) is 13.7. The monoisotopic (exact) mass is 957 g/mol. The summed E-state index contributed by atoms with van der Waals surface area (Å²) in [6.45, 7) is 5.26. The molecule has 0 bridgehead atoms. The Morgan fingerprint density at radius 3 is 1.21 bits per heavy atom. The van der Waals surface area contributed by atoms with Crippen LogP contribution in [0.3, 0.4) is 0 Å². The predicted octanol–water partition coefficient (Wildman–Crippen LogP) is 11.9. The topological polar surface area (TPSA) is 21.6 Å². The van der Waals surface area contributed by atoms with Crippen LogP contribution in [0.1, 0.15) is 65.2 Å². The molecule has 2 fully saturated rings. The summed E-state index contributed by atoms with van der Waals surface area (Å²) >= 11 is -0.346. The molecule has 5 aromatic rings. The molecule has 2 aliphatic carbocycles. The average molecular weight is 958 g/mol. The van der Waals surface area contributed by atoms with Crippen LogP contribution in [0.4, 0.5) is 0 Å². The molecule has 2 unspecified atom stereocenters. The van der Waals surface area contributed by atoms with Gasteiger partial charge in [0.1, 0.15) is 22.5 Å². The van der Waals surface area contributed by atoms with E-state index in [1.54, 1.807) is 0 Å². The molecule has 2 saturated carbocycles. The third-order valence-corrected chi connectivity index (χ3v) is 16.4. The van der Waals surface area contributed by atoms with Crippen molar-refractivity contribution in [1.82, 2.24) is 0 Å². The molecule has 1 aliphatic heterocycles. The number of rotatable bonds is 8. The minimum absolute atomic E-state index is 0. The van der Waals surface area contributed by atoms with Gasteiger partial charge in [0.05, 0.1) is 44.1 Å². The minimum Gasteiger partial charge on any atom is -0.0620 e. The Morgan fingerprint density at radius 2 is 0.893 bits per heavy atom. The smallest absolute Gasteiger partial charge is 0.0620 e. The number of aliphatic imine (C=N–C) groups is 1. The van der Waals surface area contributed by atoms with Gasteiger partial charge in [0.25, 0.3) is 0 Å². The number of halogens is 2. The maximum atomic E-state index is 6.13. The summed E-state index contributed by atoms with van der Waals surface area (Å²) in [5, 5.41) is 7.33. The van der Waals surface area contributed by atoms with E-state index in [0.717, 1.165) is 12.5 Å². The van der Waals surface area contributed by atoms with Crippen LogP contribution in [0.5, 0.6) is 0 Å². The molecule has 3 atom stereocenters. The van der Waals surface area contributed by atoms with E-state index in [-0.39, 0.29) is 47.1 Å². The van der Waals surface area contributed by atoms with Crippen LogP contribution in [0.25, 0.3) is 0 Å². The van der Waals surface area contributed by atoms with Gasteiger partial charge in [-0.05, 0) is 85.8 Å². The van der Waals surface area contributed by atoms with Crippen molar-refractivity contribution in [1.29, 1.82) is 0 Å². The summed E-state index contributed by atoms with van der Waals surface area (Å²) in [7, 11) is 7.97. The van der Waals surface area contributed by atoms with Gasteiger partial charge in [0, 0.05) is 0 Å². The second kappa shape index (κ2) is 28.6. The van der Waals surface area contributed by atoms with Crippen molar-refractivity contribution in [3.8, 4) is 0 Å². The Labute approximate surface area is 368 Å². The molecule has 3 aliphatic rings. The van der Waals surface area contributed by atoms with E-state index >= 15 is 0 Å². The van der Waals surface area contributed by atoms with Gasteiger partial charge in [0.15, 0.2) is 5.90 Å². The van der Waals surface area contributed by atoms with Crippen molar-refractivity contribution in [3.05, 3.63) is 167 Å². The van der Waals surface area contributed by atoms with Gasteiger partial charge in [-0.3, -0.25) is 0 Å². The largest absolute Gasteiger partial charge is 2.00 e. The first-order valence-corrected chi connectivity index (χ1v) is 26.7. The zero-order valence-corrected chi connectivity index (χ0v) is 39.8. The molecule has 2 nitrogen and oxygen atoms in total. The molecule has 0 N–H and O–H groups in total. The van der Waals surface area contributed by atoms with E-state index in [9.17, 15) is 0 Å². The van der Waals surface area contributed by atoms with Crippen molar-refractivity contribution >= 4 is 67.6 Å². The van der Waals surface area contributed by atoms with E-state index in [1.807, 2.05) is 0 Å². The fraction of sp³-hybridized carbons (Fsp3) is 0.312. The summed E-state index contributed by atoms with van der Waals surface area (Å²) < 4.78 is 6.13. The standard InChI is InChI=1S/C23H28NOP.C18H15P.C5H10.2CH3.2ClH.Fe.Ru/c1-17(2)21-16-25-23(24-21)20-14-9-15-22(20)26(18-10-5-3-6-11-18)19-12-7-4-8-13-19;1-4-10-16(11-5-1)19(17-12-6-2-7-13-17)18-14-8-3-9-15-18;1-2-4-5-3-1;;;;;;/h3-8,10-13,17,20-22H,9,14-16H2,1-2H3;1-15H;1-5H2;2*1H3;2*1H;;/q;;;2*-1;;;2*+2/t20?,21-,22?;;;;;;;;/m0......../s1. The maximum Gasteiger partial charge on any atom is 2.00 e. The zero-order valence-electron chi connectivity index (χ0n) is 33.4. The molecular formula is C48H61Cl2FeNOP2Ru+2. The van der Waals surface area contributed by atoms with Crippen molar-refractivity contribution < 1.29 is 37.0 Å². The van der Waals surface area contributed by atoms with Gasteiger partial charge in [-0.25, -0.2) is 4.99 Å². The molecule has 0 aromatic heterocycles. The molecule has 0 amide bonds. The number of hydrogen-bond acceptors (Lipinski definition) is 2. The fourth-order valence-electron chi connectivity index (χ4n) is 7.58. The first-order chi connectivity index (χ1) is 26.1. The van der Waals surface area contributed by atoms with Gasteiger partial charge in [-0.2, -0.15) is 0 Å². The maximum absolute atomic E-state index is 6.13. The number of nitrogens with zero attached hydrogens (tertiary/aromatic N) is 1. The Balaban J connectivity index is 0.000000317. The Morgan fingerprint density at radius 1 is 0.554 bits per heavy atom. The molecule has 8 heteroatoms. The molecule has 0 spiro atoms. The first-order valence-electron chi connectivity index (χ1n) is 19.2. The Hall–Kier alpha value is -1.85. The predicted molar refractivity (Wildman–Crippen MR) is 248 cm³/mol. The van der Waals surface area contributed by atoms with Gasteiger partial charge >= 0.3 is 51.6 Å². The van der Waals surface area contributed by atoms with Crippen LogP contribution in [0, 0.1) is 26.7 Å². The molecule has 302 valence electrons. The first kappa shape index (κ1) is 50.3. The average Bonchev–Trinajstić information content (AvgIpc) is 4.03. The minimum atomic E-state index is -0.877. The van der Waals surface area contributed by atoms with Gasteiger partial charge < -0.3 is 19.6 Å². The van der Waals surface area contributed by atoms with Crippen LogP contribution < -0.4 is 26.5 Å². The number of ether oxygens (including phenoxy) is 1. The van der Waals surface area contributed by atoms with Crippen LogP contribution in [0.15, 0.2) is 157 Å². The second-order valence-electron chi connectivity index (χ2n) is 14.2. The summed E-state index contributed by atoms with van der Waals surface area (Å²) in [4.78, 5) is 5.00. The second-order valence-corrected chi connectivity index (χ2v) is 22.0. The van der Waals surface area contributed by atoms with Gasteiger partial charge in [-0.1, -0.05) is 137 Å². The molecular weight excluding hydrogens is 896 g/mol. The van der Waals surface area contributed by atoms with Crippen molar-refractivity contribution in [2.24, 2.45) is 16.8 Å². The molecule has 0 radical (unpaired) electrons. The third kappa shape index (κ3) is 15.4. The van der Waals surface area contributed by atoms with E-state index in [0.29, 0.717) is 23.5 Å². The van der Waals surface area contributed by atoms with Crippen molar-refractivity contribution in [2.45, 2.75) is 76.9 Å². The van der Waals surface area contributed by atoms with Gasteiger partial charge in [0.2, 0.25) is 0 Å².